The van der Waals surface area contributed by atoms with E-state index in [4.69, 9.17) is 18.5 Å². The molecule has 2 atom stereocenters. The van der Waals surface area contributed by atoms with Crippen LogP contribution in [0.3, 0.4) is 0 Å². The quantitative estimate of drug-likeness (QED) is 0.0217. The Morgan fingerprint density at radius 1 is 0.566 bits per heavy atom. The van der Waals surface area contributed by atoms with Crippen molar-refractivity contribution in [2.24, 2.45) is 0 Å². The summed E-state index contributed by atoms with van der Waals surface area (Å²) in [5, 5.41) is 0. The fraction of sp³-hybridized carbons (Fsp3) is 0.932. The summed E-state index contributed by atoms with van der Waals surface area (Å²) in [5.74, 6) is -0.315. The minimum absolute atomic E-state index is 0.0910. The second-order valence-electron chi connectivity index (χ2n) is 16.4. The third kappa shape index (κ3) is 42.2. The summed E-state index contributed by atoms with van der Waals surface area (Å²) >= 11 is 0. The van der Waals surface area contributed by atoms with Gasteiger partial charge in [0.15, 0.2) is 0 Å². The molecule has 0 aliphatic carbocycles. The number of hydrogen-bond donors (Lipinski definition) is 1. The minimum Gasteiger partial charge on any atom is -0.457 e. The standard InChI is InChI=1S/C44H88NO7P/c1-6-8-10-12-14-16-18-20-22-24-26-28-30-32-34-36-39-49-41-43(42-51-53(47,48)50-40-38-45(3,4)5)52-44(46)37-35-33-31-29-27-25-23-21-19-17-15-13-11-9-7-2/h17,19,43H,6-16,18,20-42H2,1-5H3/p+1/b19-17-/t43-/m1/s1. The second kappa shape index (κ2) is 38.1. The van der Waals surface area contributed by atoms with E-state index in [-0.39, 0.29) is 25.8 Å². The Morgan fingerprint density at radius 2 is 0.981 bits per heavy atom. The summed E-state index contributed by atoms with van der Waals surface area (Å²) in [6.45, 7) is 5.65. The number of carbonyl (C=O) groups excluding carboxylic acids is 1. The summed E-state index contributed by atoms with van der Waals surface area (Å²) in [5.41, 5.74) is 0. The summed E-state index contributed by atoms with van der Waals surface area (Å²) in [7, 11) is 1.68. The lowest BCUT2D eigenvalue weighted by molar-refractivity contribution is -0.870. The average Bonchev–Trinajstić information content (AvgIpc) is 3.11. The number of unbranched alkanes of at least 4 members (excludes halogenated alkanes) is 26. The van der Waals surface area contributed by atoms with E-state index in [1.54, 1.807) is 0 Å². The van der Waals surface area contributed by atoms with Gasteiger partial charge in [0.05, 0.1) is 34.4 Å². The summed E-state index contributed by atoms with van der Waals surface area (Å²) in [4.78, 5) is 22.9. The molecule has 0 aromatic rings. The third-order valence-electron chi connectivity index (χ3n) is 9.83. The van der Waals surface area contributed by atoms with E-state index in [9.17, 15) is 14.3 Å². The highest BCUT2D eigenvalue weighted by atomic mass is 31.2. The van der Waals surface area contributed by atoms with Crippen LogP contribution in [0, 0.1) is 0 Å². The van der Waals surface area contributed by atoms with Crippen LogP contribution in [-0.2, 0) is 27.9 Å². The van der Waals surface area contributed by atoms with Gasteiger partial charge in [0.25, 0.3) is 0 Å². The van der Waals surface area contributed by atoms with E-state index >= 15 is 0 Å². The summed E-state index contributed by atoms with van der Waals surface area (Å²) in [6.07, 6.45) is 40.9. The predicted octanol–water partition coefficient (Wildman–Crippen LogP) is 13.1. The van der Waals surface area contributed by atoms with Gasteiger partial charge < -0.3 is 18.9 Å². The molecule has 0 radical (unpaired) electrons. The number of nitrogens with zero attached hydrogens (tertiary/aromatic N) is 1. The highest BCUT2D eigenvalue weighted by molar-refractivity contribution is 7.47. The molecule has 0 bridgehead atoms. The molecule has 1 N–H and O–H groups in total. The van der Waals surface area contributed by atoms with Crippen LogP contribution in [0.1, 0.15) is 206 Å². The van der Waals surface area contributed by atoms with Gasteiger partial charge in [0.1, 0.15) is 19.3 Å². The van der Waals surface area contributed by atoms with Crippen molar-refractivity contribution in [3.8, 4) is 0 Å². The topological polar surface area (TPSA) is 91.3 Å². The number of likely N-dealkylation sites (N-methyl/N-ethyl adjacent to an activating group) is 1. The van der Waals surface area contributed by atoms with Crippen LogP contribution in [0.25, 0.3) is 0 Å². The maximum atomic E-state index is 12.7. The van der Waals surface area contributed by atoms with E-state index in [1.165, 1.54) is 154 Å². The van der Waals surface area contributed by atoms with E-state index in [1.807, 2.05) is 21.1 Å². The minimum atomic E-state index is -4.27. The first kappa shape index (κ1) is 52.2. The van der Waals surface area contributed by atoms with Gasteiger partial charge in [0.2, 0.25) is 0 Å². The largest absolute Gasteiger partial charge is 0.472 e. The maximum Gasteiger partial charge on any atom is 0.472 e. The van der Waals surface area contributed by atoms with Crippen molar-refractivity contribution < 1.29 is 37.3 Å². The first-order valence-corrected chi connectivity index (χ1v) is 23.9. The van der Waals surface area contributed by atoms with Crippen molar-refractivity contribution >= 4 is 13.8 Å². The van der Waals surface area contributed by atoms with Gasteiger partial charge in [-0.1, -0.05) is 174 Å². The zero-order valence-corrected chi connectivity index (χ0v) is 36.7. The first-order chi connectivity index (χ1) is 25.6. The van der Waals surface area contributed by atoms with Crippen LogP contribution < -0.4 is 0 Å². The SMILES string of the molecule is CCCCCC/C=C\CCCCCCCCCC(=O)O[C@H](COCCCCCCCCCCCCCCCCCC)COP(=O)(O)OCC[N+](C)(C)C. The Labute approximate surface area is 329 Å². The Kier molecular flexibility index (Phi) is 37.6. The fourth-order valence-corrected chi connectivity index (χ4v) is 7.05. The zero-order valence-electron chi connectivity index (χ0n) is 35.8. The third-order valence-corrected chi connectivity index (χ3v) is 10.8. The molecule has 0 aliphatic rings. The highest BCUT2D eigenvalue weighted by Gasteiger charge is 2.26. The molecule has 9 heteroatoms. The molecule has 0 fully saturated rings. The van der Waals surface area contributed by atoms with E-state index in [2.05, 4.69) is 26.0 Å². The van der Waals surface area contributed by atoms with E-state index < -0.39 is 13.9 Å². The fourth-order valence-electron chi connectivity index (χ4n) is 6.31. The monoisotopic (exact) mass is 775 g/mol. The van der Waals surface area contributed by atoms with Gasteiger partial charge >= 0.3 is 13.8 Å². The maximum absolute atomic E-state index is 12.7. The Balaban J connectivity index is 4.20. The molecule has 0 saturated heterocycles. The molecule has 0 aliphatic heterocycles. The Hall–Kier alpha value is -0.760. The molecule has 0 spiro atoms. The molecule has 0 aromatic heterocycles. The number of ether oxygens (including phenoxy) is 2. The molecule has 0 rings (SSSR count). The molecule has 0 amide bonds. The Morgan fingerprint density at radius 3 is 1.45 bits per heavy atom. The number of esters is 1. The van der Waals surface area contributed by atoms with Gasteiger partial charge in [0, 0.05) is 13.0 Å². The smallest absolute Gasteiger partial charge is 0.457 e. The molecule has 316 valence electrons. The molecule has 53 heavy (non-hydrogen) atoms. The van der Waals surface area contributed by atoms with Crippen molar-refractivity contribution in [3.63, 3.8) is 0 Å². The molecular weight excluding hydrogens is 685 g/mol. The Bertz CT molecular complexity index is 863. The van der Waals surface area contributed by atoms with Crippen molar-refractivity contribution in [1.29, 1.82) is 0 Å². The number of carbonyl (C=O) groups is 1. The van der Waals surface area contributed by atoms with Crippen LogP contribution in [0.2, 0.25) is 0 Å². The van der Waals surface area contributed by atoms with Gasteiger partial charge in [-0.05, 0) is 38.5 Å². The van der Waals surface area contributed by atoms with Crippen LogP contribution in [0.4, 0.5) is 0 Å². The number of quaternary nitrogens is 1. The van der Waals surface area contributed by atoms with Gasteiger partial charge in [-0.2, -0.15) is 0 Å². The number of phosphoric acid groups is 1. The van der Waals surface area contributed by atoms with Gasteiger partial charge in [-0.15, -0.1) is 0 Å². The summed E-state index contributed by atoms with van der Waals surface area (Å²) < 4.78 is 35.0. The normalized spacial score (nSPS) is 13.8. The average molecular weight is 775 g/mol. The predicted molar refractivity (Wildman–Crippen MR) is 224 cm³/mol. The number of rotatable bonds is 42. The number of phosphoric ester groups is 1. The molecule has 0 aromatic carbocycles. The number of allylic oxidation sites excluding steroid dienone is 2. The lowest BCUT2D eigenvalue weighted by atomic mass is 10.0. The van der Waals surface area contributed by atoms with Crippen LogP contribution in [-0.4, -0.2) is 75.6 Å². The lowest BCUT2D eigenvalue weighted by Crippen LogP contribution is -2.37. The lowest BCUT2D eigenvalue weighted by Gasteiger charge is -2.24. The molecular formula is C44H89NO7P+. The van der Waals surface area contributed by atoms with Crippen molar-refractivity contribution in [3.05, 3.63) is 12.2 Å². The van der Waals surface area contributed by atoms with Crippen LogP contribution >= 0.6 is 7.82 Å². The van der Waals surface area contributed by atoms with Crippen molar-refractivity contribution in [2.45, 2.75) is 213 Å². The van der Waals surface area contributed by atoms with Gasteiger partial charge in [-0.25, -0.2) is 4.57 Å². The molecule has 1 unspecified atom stereocenters. The molecule has 0 heterocycles. The van der Waals surface area contributed by atoms with E-state index in [0.29, 0.717) is 24.1 Å². The molecule has 8 nitrogen and oxygen atoms in total. The summed E-state index contributed by atoms with van der Waals surface area (Å²) in [6, 6.07) is 0. The van der Waals surface area contributed by atoms with E-state index in [0.717, 1.165) is 32.1 Å². The zero-order chi connectivity index (χ0) is 39.1. The first-order valence-electron chi connectivity index (χ1n) is 22.4. The molecule has 0 saturated carbocycles. The van der Waals surface area contributed by atoms with Crippen LogP contribution in [0.5, 0.6) is 0 Å². The van der Waals surface area contributed by atoms with Gasteiger partial charge in [-0.3, -0.25) is 13.8 Å². The van der Waals surface area contributed by atoms with Crippen molar-refractivity contribution in [1.82, 2.24) is 0 Å². The van der Waals surface area contributed by atoms with Crippen molar-refractivity contribution in [2.75, 3.05) is 54.1 Å². The van der Waals surface area contributed by atoms with Crippen LogP contribution in [0.15, 0.2) is 12.2 Å². The highest BCUT2D eigenvalue weighted by Crippen LogP contribution is 2.43. The number of hydrogen-bond acceptors (Lipinski definition) is 6. The second-order valence-corrected chi connectivity index (χ2v) is 17.9.